The minimum Gasteiger partial charge on any atom is -0.333 e. The second-order valence-corrected chi connectivity index (χ2v) is 9.23. The van der Waals surface area contributed by atoms with Gasteiger partial charge in [-0.05, 0) is 17.9 Å². The van der Waals surface area contributed by atoms with Crippen LogP contribution in [-0.4, -0.2) is 29.2 Å². The van der Waals surface area contributed by atoms with Crippen LogP contribution in [0.1, 0.15) is 44.8 Å². The standard InChI is InChI=1S/C20H22N6O3S2/c1-5-8-26-16-14(19(27)25(4)20(26)28)18(23-15(22-16)11(2)3)31-10-13-21-17(29-24-13)12-7-6-9-30-12/h6-7,9,11H,5,8,10H2,1-4H3. The molecule has 0 aromatic carbocycles. The van der Waals surface area contributed by atoms with Gasteiger partial charge in [0.1, 0.15) is 16.2 Å². The lowest BCUT2D eigenvalue weighted by Gasteiger charge is -2.14. The van der Waals surface area contributed by atoms with E-state index in [4.69, 9.17) is 4.52 Å². The van der Waals surface area contributed by atoms with E-state index < -0.39 is 5.56 Å². The van der Waals surface area contributed by atoms with Gasteiger partial charge in [-0.3, -0.25) is 13.9 Å². The third-order valence-corrected chi connectivity index (χ3v) is 6.50. The highest BCUT2D eigenvalue weighted by molar-refractivity contribution is 7.98. The summed E-state index contributed by atoms with van der Waals surface area (Å²) in [7, 11) is 1.48. The highest BCUT2D eigenvalue weighted by atomic mass is 32.2. The molecule has 9 nitrogen and oxygen atoms in total. The lowest BCUT2D eigenvalue weighted by atomic mass is 10.2. The van der Waals surface area contributed by atoms with Gasteiger partial charge < -0.3 is 4.52 Å². The SMILES string of the molecule is CCCn1c(=O)n(C)c(=O)c2c(SCc3noc(-c4cccs4)n3)nc(C(C)C)nc21. The first-order chi connectivity index (χ1) is 14.9. The second kappa shape index (κ2) is 8.75. The van der Waals surface area contributed by atoms with Crippen LogP contribution in [0.4, 0.5) is 0 Å². The van der Waals surface area contributed by atoms with E-state index in [0.717, 1.165) is 15.9 Å². The van der Waals surface area contributed by atoms with Crippen molar-refractivity contribution in [3.63, 3.8) is 0 Å². The summed E-state index contributed by atoms with van der Waals surface area (Å²) in [6.07, 6.45) is 0.741. The first-order valence-corrected chi connectivity index (χ1v) is 11.8. The Balaban J connectivity index is 1.79. The molecule has 0 spiro atoms. The summed E-state index contributed by atoms with van der Waals surface area (Å²) >= 11 is 2.86. The Morgan fingerprint density at radius 2 is 2.03 bits per heavy atom. The van der Waals surface area contributed by atoms with E-state index in [2.05, 4.69) is 20.1 Å². The van der Waals surface area contributed by atoms with Crippen molar-refractivity contribution in [2.75, 3.05) is 0 Å². The summed E-state index contributed by atoms with van der Waals surface area (Å²) in [5.41, 5.74) is -0.399. The Bertz CT molecular complexity index is 1340. The molecule has 4 rings (SSSR count). The Hall–Kier alpha value is -2.79. The van der Waals surface area contributed by atoms with Crippen LogP contribution in [0.25, 0.3) is 21.8 Å². The monoisotopic (exact) mass is 458 g/mol. The van der Waals surface area contributed by atoms with E-state index in [1.54, 1.807) is 4.57 Å². The van der Waals surface area contributed by atoms with E-state index >= 15 is 0 Å². The summed E-state index contributed by atoms with van der Waals surface area (Å²) in [4.78, 5) is 40.3. The van der Waals surface area contributed by atoms with Gasteiger partial charge in [0, 0.05) is 19.5 Å². The van der Waals surface area contributed by atoms with Gasteiger partial charge in [0.25, 0.3) is 11.4 Å². The molecule has 0 N–H and O–H groups in total. The maximum Gasteiger partial charge on any atom is 0.332 e. The quantitative estimate of drug-likeness (QED) is 0.306. The summed E-state index contributed by atoms with van der Waals surface area (Å²) < 4.78 is 8.02. The van der Waals surface area contributed by atoms with Gasteiger partial charge in [-0.1, -0.05) is 43.8 Å². The Morgan fingerprint density at radius 1 is 1.23 bits per heavy atom. The summed E-state index contributed by atoms with van der Waals surface area (Å²) in [5, 5.41) is 6.84. The van der Waals surface area contributed by atoms with Crippen LogP contribution in [0.2, 0.25) is 0 Å². The molecule has 31 heavy (non-hydrogen) atoms. The fourth-order valence-corrected chi connectivity index (χ4v) is 4.60. The molecule has 0 aliphatic heterocycles. The van der Waals surface area contributed by atoms with Gasteiger partial charge in [-0.2, -0.15) is 4.98 Å². The zero-order valence-electron chi connectivity index (χ0n) is 17.7. The molecular formula is C20H22N6O3S2. The molecule has 4 aromatic heterocycles. The third kappa shape index (κ3) is 4.07. The molecule has 4 aromatic rings. The Labute approximate surface area is 186 Å². The van der Waals surface area contributed by atoms with Crippen LogP contribution in [0.3, 0.4) is 0 Å². The molecule has 0 atom stereocenters. The van der Waals surface area contributed by atoms with Crippen molar-refractivity contribution in [3.05, 3.63) is 50.0 Å². The number of nitrogens with zero attached hydrogens (tertiary/aromatic N) is 6. The molecule has 0 radical (unpaired) electrons. The highest BCUT2D eigenvalue weighted by Gasteiger charge is 2.20. The lowest BCUT2D eigenvalue weighted by Crippen LogP contribution is -2.39. The maximum absolute atomic E-state index is 13.0. The van der Waals surface area contributed by atoms with E-state index in [1.165, 1.54) is 30.1 Å². The number of fused-ring (bicyclic) bond motifs is 1. The first-order valence-electron chi connectivity index (χ1n) is 9.91. The first kappa shape index (κ1) is 21.4. The number of aromatic nitrogens is 6. The fraction of sp³-hybridized carbons (Fsp3) is 0.400. The van der Waals surface area contributed by atoms with Crippen molar-refractivity contribution in [1.29, 1.82) is 0 Å². The molecule has 0 saturated heterocycles. The van der Waals surface area contributed by atoms with Crippen molar-refractivity contribution in [1.82, 2.24) is 29.2 Å². The number of aryl methyl sites for hydroxylation is 1. The average Bonchev–Trinajstić information content (AvgIpc) is 3.44. The van der Waals surface area contributed by atoms with Crippen LogP contribution in [-0.2, 0) is 19.3 Å². The normalized spacial score (nSPS) is 11.6. The molecule has 0 aliphatic carbocycles. The van der Waals surface area contributed by atoms with Crippen LogP contribution in [0.5, 0.6) is 0 Å². The minimum absolute atomic E-state index is 0.0357. The molecule has 0 amide bonds. The number of hydrogen-bond donors (Lipinski definition) is 0. The summed E-state index contributed by atoms with van der Waals surface area (Å²) in [6.45, 7) is 6.40. The molecule has 0 saturated carbocycles. The van der Waals surface area contributed by atoms with Crippen molar-refractivity contribution in [2.24, 2.45) is 7.05 Å². The number of thiophene rings is 1. The number of hydrogen-bond acceptors (Lipinski definition) is 9. The summed E-state index contributed by atoms with van der Waals surface area (Å²) in [6, 6.07) is 3.84. The third-order valence-electron chi connectivity index (χ3n) is 4.67. The number of thioether (sulfide) groups is 1. The molecule has 162 valence electrons. The van der Waals surface area contributed by atoms with E-state index in [1.807, 2.05) is 38.3 Å². The average molecular weight is 459 g/mol. The van der Waals surface area contributed by atoms with Gasteiger partial charge >= 0.3 is 5.69 Å². The minimum atomic E-state index is -0.405. The Kier molecular flexibility index (Phi) is 6.05. The molecule has 0 bridgehead atoms. The second-order valence-electron chi connectivity index (χ2n) is 7.32. The van der Waals surface area contributed by atoms with Gasteiger partial charge in [0.15, 0.2) is 11.5 Å². The molecule has 11 heteroatoms. The van der Waals surface area contributed by atoms with Gasteiger partial charge in [-0.15, -0.1) is 11.3 Å². The zero-order valence-corrected chi connectivity index (χ0v) is 19.3. The predicted molar refractivity (Wildman–Crippen MR) is 121 cm³/mol. The lowest BCUT2D eigenvalue weighted by molar-refractivity contribution is 0.426. The van der Waals surface area contributed by atoms with Gasteiger partial charge in [0.2, 0.25) is 0 Å². The van der Waals surface area contributed by atoms with Crippen molar-refractivity contribution in [2.45, 2.75) is 50.4 Å². The smallest absolute Gasteiger partial charge is 0.332 e. The predicted octanol–water partition coefficient (Wildman–Crippen LogP) is 3.43. The van der Waals surface area contributed by atoms with E-state index in [-0.39, 0.29) is 11.6 Å². The van der Waals surface area contributed by atoms with Gasteiger partial charge in [0.05, 0.1) is 10.6 Å². The maximum atomic E-state index is 13.0. The number of rotatable bonds is 7. The van der Waals surface area contributed by atoms with Crippen LogP contribution < -0.4 is 11.2 Å². The van der Waals surface area contributed by atoms with E-state index in [9.17, 15) is 9.59 Å². The van der Waals surface area contributed by atoms with Crippen molar-refractivity contribution in [3.8, 4) is 10.8 Å². The Morgan fingerprint density at radius 3 is 2.71 bits per heavy atom. The highest BCUT2D eigenvalue weighted by Crippen LogP contribution is 2.28. The van der Waals surface area contributed by atoms with E-state index in [0.29, 0.717) is 45.9 Å². The molecule has 4 heterocycles. The molecule has 0 fully saturated rings. The van der Waals surface area contributed by atoms with Crippen molar-refractivity contribution < 1.29 is 4.52 Å². The largest absolute Gasteiger partial charge is 0.333 e. The topological polar surface area (TPSA) is 109 Å². The summed E-state index contributed by atoms with van der Waals surface area (Å²) in [5.74, 6) is 1.96. The fourth-order valence-electron chi connectivity index (χ4n) is 3.09. The molecule has 0 unspecified atom stereocenters. The van der Waals surface area contributed by atoms with Gasteiger partial charge in [-0.25, -0.2) is 14.8 Å². The molecule has 0 aliphatic rings. The zero-order chi connectivity index (χ0) is 22.1. The molecular weight excluding hydrogens is 436 g/mol. The van der Waals surface area contributed by atoms with Crippen LogP contribution in [0.15, 0.2) is 36.7 Å². The van der Waals surface area contributed by atoms with Crippen molar-refractivity contribution >= 4 is 34.1 Å². The van der Waals surface area contributed by atoms with Crippen LogP contribution >= 0.6 is 23.1 Å². The van der Waals surface area contributed by atoms with Crippen LogP contribution in [0, 0.1) is 0 Å².